The Morgan fingerprint density at radius 1 is 1.39 bits per heavy atom. The number of aromatic nitrogens is 3. The molecule has 0 saturated heterocycles. The van der Waals surface area contributed by atoms with Crippen molar-refractivity contribution in [2.24, 2.45) is 4.99 Å². The Morgan fingerprint density at radius 2 is 2.17 bits per heavy atom. The summed E-state index contributed by atoms with van der Waals surface area (Å²) in [6.07, 6.45) is 2.62. The number of aryl methyl sites for hydroxylation is 1. The van der Waals surface area contributed by atoms with Gasteiger partial charge < -0.3 is 15.2 Å². The van der Waals surface area contributed by atoms with Gasteiger partial charge in [0.1, 0.15) is 12.2 Å². The molecule has 0 fully saturated rings. The topological polar surface area (TPSA) is 67.1 Å². The molecule has 1 atom stereocenters. The predicted molar refractivity (Wildman–Crippen MR) is 93.8 cm³/mol. The second kappa shape index (κ2) is 8.53. The van der Waals surface area contributed by atoms with Crippen LogP contribution >= 0.6 is 11.6 Å². The van der Waals surface area contributed by atoms with E-state index in [1.807, 2.05) is 28.8 Å². The van der Waals surface area contributed by atoms with Crippen LogP contribution < -0.4 is 10.6 Å². The van der Waals surface area contributed by atoms with Crippen molar-refractivity contribution in [2.45, 2.75) is 32.9 Å². The zero-order chi connectivity index (χ0) is 16.7. The Bertz CT molecular complexity index is 652. The molecular formula is C16H23ClN6. The van der Waals surface area contributed by atoms with E-state index >= 15 is 0 Å². The summed E-state index contributed by atoms with van der Waals surface area (Å²) in [7, 11) is 1.75. The molecule has 0 aliphatic carbocycles. The van der Waals surface area contributed by atoms with Gasteiger partial charge in [0.15, 0.2) is 5.96 Å². The lowest BCUT2D eigenvalue weighted by Crippen LogP contribution is -2.40. The van der Waals surface area contributed by atoms with Gasteiger partial charge in [0, 0.05) is 31.6 Å². The number of hydrogen-bond donors (Lipinski definition) is 2. The van der Waals surface area contributed by atoms with Crippen molar-refractivity contribution in [2.75, 3.05) is 13.6 Å². The van der Waals surface area contributed by atoms with Gasteiger partial charge in [0.2, 0.25) is 0 Å². The van der Waals surface area contributed by atoms with Gasteiger partial charge in [0.25, 0.3) is 0 Å². The van der Waals surface area contributed by atoms with Crippen molar-refractivity contribution in [3.8, 4) is 0 Å². The fourth-order valence-corrected chi connectivity index (χ4v) is 2.64. The molecule has 0 radical (unpaired) electrons. The third-order valence-electron chi connectivity index (χ3n) is 3.61. The molecule has 0 aliphatic heterocycles. The minimum Gasteiger partial charge on any atom is -0.355 e. The maximum atomic E-state index is 6.23. The molecule has 0 bridgehead atoms. The van der Waals surface area contributed by atoms with Crippen molar-refractivity contribution in [1.82, 2.24) is 25.4 Å². The lowest BCUT2D eigenvalue weighted by atomic mass is 10.1. The van der Waals surface area contributed by atoms with Gasteiger partial charge in [-0.2, -0.15) is 0 Å². The van der Waals surface area contributed by atoms with E-state index in [4.69, 9.17) is 11.6 Å². The lowest BCUT2D eigenvalue weighted by Gasteiger charge is -2.19. The summed E-state index contributed by atoms with van der Waals surface area (Å²) in [4.78, 5) is 4.26. The zero-order valence-electron chi connectivity index (χ0n) is 13.8. The molecule has 124 valence electrons. The molecular weight excluding hydrogens is 312 g/mol. The summed E-state index contributed by atoms with van der Waals surface area (Å²) in [5.41, 5.74) is 1.05. The van der Waals surface area contributed by atoms with Gasteiger partial charge in [-0.1, -0.05) is 36.7 Å². The molecule has 6 nitrogen and oxygen atoms in total. The normalized spacial score (nSPS) is 13.0. The fourth-order valence-electron chi connectivity index (χ4n) is 2.34. The van der Waals surface area contributed by atoms with E-state index in [-0.39, 0.29) is 6.04 Å². The first-order valence-electron chi connectivity index (χ1n) is 7.74. The van der Waals surface area contributed by atoms with E-state index in [1.165, 1.54) is 0 Å². The number of nitrogens with zero attached hydrogens (tertiary/aromatic N) is 4. The van der Waals surface area contributed by atoms with Crippen LogP contribution in [0, 0.1) is 0 Å². The molecule has 0 saturated carbocycles. The van der Waals surface area contributed by atoms with Crippen molar-refractivity contribution < 1.29 is 0 Å². The molecule has 1 aromatic carbocycles. The van der Waals surface area contributed by atoms with Gasteiger partial charge in [-0.15, -0.1) is 10.2 Å². The summed E-state index contributed by atoms with van der Waals surface area (Å²) < 4.78 is 2.04. The minimum atomic E-state index is 0.0658. The lowest BCUT2D eigenvalue weighted by molar-refractivity contribution is 0.620. The standard InChI is InChI=1S/C16H23ClN6/c1-4-15-22-20-11-23(15)10-9-19-16(18-3)21-12(2)13-7-5-6-8-14(13)17/h5-8,11-12H,4,9-10H2,1-3H3,(H2,18,19,21). The quantitative estimate of drug-likeness (QED) is 0.629. The molecule has 0 spiro atoms. The van der Waals surface area contributed by atoms with Crippen molar-refractivity contribution in [1.29, 1.82) is 0 Å². The summed E-state index contributed by atoms with van der Waals surface area (Å²) >= 11 is 6.23. The van der Waals surface area contributed by atoms with Gasteiger partial charge in [0.05, 0.1) is 6.04 Å². The van der Waals surface area contributed by atoms with Crippen LogP contribution in [0.2, 0.25) is 5.02 Å². The van der Waals surface area contributed by atoms with E-state index in [1.54, 1.807) is 13.4 Å². The molecule has 1 aromatic heterocycles. The summed E-state index contributed by atoms with van der Waals surface area (Å²) in [5.74, 6) is 1.72. The van der Waals surface area contributed by atoms with Gasteiger partial charge in [-0.05, 0) is 18.6 Å². The maximum Gasteiger partial charge on any atom is 0.191 e. The van der Waals surface area contributed by atoms with Crippen LogP contribution in [-0.2, 0) is 13.0 Å². The third-order valence-corrected chi connectivity index (χ3v) is 3.95. The third kappa shape index (κ3) is 4.69. The summed E-state index contributed by atoms with van der Waals surface area (Å²) in [6, 6.07) is 7.88. The van der Waals surface area contributed by atoms with Crippen LogP contribution in [0.15, 0.2) is 35.6 Å². The fraction of sp³-hybridized carbons (Fsp3) is 0.438. The van der Waals surface area contributed by atoms with Crippen molar-refractivity contribution in [3.05, 3.63) is 47.0 Å². The highest BCUT2D eigenvalue weighted by atomic mass is 35.5. The number of halogens is 1. The number of rotatable bonds is 6. The van der Waals surface area contributed by atoms with E-state index in [9.17, 15) is 0 Å². The van der Waals surface area contributed by atoms with Crippen LogP contribution in [-0.4, -0.2) is 34.3 Å². The highest BCUT2D eigenvalue weighted by Crippen LogP contribution is 2.21. The molecule has 1 unspecified atom stereocenters. The molecule has 1 heterocycles. The Hall–Kier alpha value is -2.08. The Kier molecular flexibility index (Phi) is 6.40. The summed E-state index contributed by atoms with van der Waals surface area (Å²) in [5, 5.41) is 15.4. The first-order chi connectivity index (χ1) is 11.2. The molecule has 2 rings (SSSR count). The molecule has 2 aromatic rings. The van der Waals surface area contributed by atoms with Crippen LogP contribution in [0.25, 0.3) is 0 Å². The van der Waals surface area contributed by atoms with E-state index < -0.39 is 0 Å². The van der Waals surface area contributed by atoms with Gasteiger partial charge >= 0.3 is 0 Å². The molecule has 7 heteroatoms. The Morgan fingerprint density at radius 3 is 2.87 bits per heavy atom. The van der Waals surface area contributed by atoms with Crippen LogP contribution in [0.5, 0.6) is 0 Å². The average Bonchev–Trinajstić information content (AvgIpc) is 3.01. The van der Waals surface area contributed by atoms with E-state index in [0.29, 0.717) is 0 Å². The highest BCUT2D eigenvalue weighted by molar-refractivity contribution is 6.31. The van der Waals surface area contributed by atoms with E-state index in [0.717, 1.165) is 41.9 Å². The van der Waals surface area contributed by atoms with Crippen molar-refractivity contribution >= 4 is 17.6 Å². The largest absolute Gasteiger partial charge is 0.355 e. The molecule has 23 heavy (non-hydrogen) atoms. The van der Waals surface area contributed by atoms with Crippen LogP contribution in [0.3, 0.4) is 0 Å². The predicted octanol–water partition coefficient (Wildman–Crippen LogP) is 2.42. The SMILES string of the molecule is CCc1nncn1CCNC(=NC)NC(C)c1ccccc1Cl. The average molecular weight is 335 g/mol. The minimum absolute atomic E-state index is 0.0658. The Labute approximate surface area is 142 Å². The second-order valence-corrected chi connectivity index (χ2v) is 5.59. The van der Waals surface area contributed by atoms with Crippen molar-refractivity contribution in [3.63, 3.8) is 0 Å². The molecule has 0 amide bonds. The highest BCUT2D eigenvalue weighted by Gasteiger charge is 2.10. The zero-order valence-corrected chi connectivity index (χ0v) is 14.5. The first-order valence-corrected chi connectivity index (χ1v) is 8.11. The van der Waals surface area contributed by atoms with Crippen LogP contribution in [0.1, 0.15) is 31.3 Å². The monoisotopic (exact) mass is 334 g/mol. The molecule has 0 aliphatic rings. The van der Waals surface area contributed by atoms with Crippen LogP contribution in [0.4, 0.5) is 0 Å². The Balaban J connectivity index is 1.87. The number of benzene rings is 1. The maximum absolute atomic E-state index is 6.23. The van der Waals surface area contributed by atoms with Gasteiger partial charge in [-0.25, -0.2) is 0 Å². The summed E-state index contributed by atoms with van der Waals surface area (Å²) in [6.45, 7) is 5.65. The van der Waals surface area contributed by atoms with Gasteiger partial charge in [-0.3, -0.25) is 4.99 Å². The smallest absolute Gasteiger partial charge is 0.191 e. The number of guanidine groups is 1. The molecule has 2 N–H and O–H groups in total. The first kappa shape index (κ1) is 17.3. The number of nitrogens with one attached hydrogen (secondary N) is 2. The number of aliphatic imine (C=N–C) groups is 1. The van der Waals surface area contributed by atoms with E-state index in [2.05, 4.69) is 39.7 Å². The second-order valence-electron chi connectivity index (χ2n) is 5.18. The number of hydrogen-bond acceptors (Lipinski definition) is 3.